The van der Waals surface area contributed by atoms with E-state index in [0.29, 0.717) is 6.42 Å². The van der Waals surface area contributed by atoms with Crippen molar-refractivity contribution in [2.45, 2.75) is 25.8 Å². The van der Waals surface area contributed by atoms with Gasteiger partial charge in [0.2, 0.25) is 5.91 Å². The van der Waals surface area contributed by atoms with Crippen LogP contribution in [0.5, 0.6) is 0 Å². The molecule has 0 radical (unpaired) electrons. The Kier molecular flexibility index (Phi) is 3.88. The highest BCUT2D eigenvalue weighted by molar-refractivity contribution is 6.30. The molecule has 1 aromatic rings. The Hall–Kier alpha value is -1.13. The van der Waals surface area contributed by atoms with Crippen molar-refractivity contribution in [3.63, 3.8) is 0 Å². The minimum absolute atomic E-state index is 0.0829. The molecule has 16 heavy (non-hydrogen) atoms. The van der Waals surface area contributed by atoms with Gasteiger partial charge >= 0.3 is 0 Å². The summed E-state index contributed by atoms with van der Waals surface area (Å²) >= 11 is 5.59. The minimum atomic E-state index is -1.01. The number of benzene rings is 1. The van der Waals surface area contributed by atoms with E-state index in [1.54, 1.807) is 13.8 Å². The van der Waals surface area contributed by atoms with Crippen LogP contribution >= 0.6 is 11.6 Å². The predicted molar refractivity (Wildman–Crippen MR) is 62.9 cm³/mol. The molecule has 0 heterocycles. The number of nitrogens with two attached hydrogens (primary N) is 1. The molecule has 0 aliphatic heterocycles. The molecule has 0 aliphatic carbocycles. The third-order valence-corrected chi connectivity index (χ3v) is 2.67. The number of hydrogen-bond acceptors (Lipinski definition) is 2. The summed E-state index contributed by atoms with van der Waals surface area (Å²) in [6, 6.07) is 4.04. The average molecular weight is 245 g/mol. The van der Waals surface area contributed by atoms with Crippen LogP contribution < -0.4 is 11.1 Å². The van der Waals surface area contributed by atoms with Gasteiger partial charge in [-0.25, -0.2) is 4.39 Å². The number of halogens is 2. The van der Waals surface area contributed by atoms with Gasteiger partial charge in [0.1, 0.15) is 5.82 Å². The fraction of sp³-hybridized carbons (Fsp3) is 0.364. The number of carbonyl (C=O) groups is 1. The number of rotatable bonds is 3. The summed E-state index contributed by atoms with van der Waals surface area (Å²) in [4.78, 5) is 11.7. The van der Waals surface area contributed by atoms with E-state index in [4.69, 9.17) is 17.3 Å². The lowest BCUT2D eigenvalue weighted by atomic mass is 9.99. The van der Waals surface area contributed by atoms with E-state index in [9.17, 15) is 9.18 Å². The van der Waals surface area contributed by atoms with Crippen molar-refractivity contribution in [3.05, 3.63) is 29.0 Å². The van der Waals surface area contributed by atoms with Gasteiger partial charge < -0.3 is 11.1 Å². The van der Waals surface area contributed by atoms with Gasteiger partial charge in [-0.1, -0.05) is 18.5 Å². The maximum atomic E-state index is 13.4. The summed E-state index contributed by atoms with van der Waals surface area (Å²) in [5.41, 5.74) is 4.80. The van der Waals surface area contributed by atoms with Crippen LogP contribution in [0.1, 0.15) is 20.3 Å². The molecule has 3 nitrogen and oxygen atoms in total. The summed E-state index contributed by atoms with van der Waals surface area (Å²) in [7, 11) is 0. The molecule has 88 valence electrons. The highest BCUT2D eigenvalue weighted by atomic mass is 35.5. The molecular formula is C11H14ClFN2O. The lowest BCUT2D eigenvalue weighted by molar-refractivity contribution is -0.120. The van der Waals surface area contributed by atoms with Gasteiger partial charge in [0, 0.05) is 5.02 Å². The second-order valence-corrected chi connectivity index (χ2v) is 4.29. The van der Waals surface area contributed by atoms with Crippen LogP contribution in [0, 0.1) is 5.82 Å². The molecule has 0 aromatic heterocycles. The monoisotopic (exact) mass is 244 g/mol. The highest BCUT2D eigenvalue weighted by Crippen LogP contribution is 2.20. The van der Waals surface area contributed by atoms with Crippen LogP contribution in [0.2, 0.25) is 5.02 Å². The van der Waals surface area contributed by atoms with Crippen molar-refractivity contribution in [1.82, 2.24) is 0 Å². The van der Waals surface area contributed by atoms with E-state index in [1.165, 1.54) is 12.1 Å². The minimum Gasteiger partial charge on any atom is -0.322 e. The van der Waals surface area contributed by atoms with Gasteiger partial charge in [-0.05, 0) is 31.5 Å². The van der Waals surface area contributed by atoms with Gasteiger partial charge in [-0.2, -0.15) is 0 Å². The smallest absolute Gasteiger partial charge is 0.244 e. The predicted octanol–water partition coefficient (Wildman–Crippen LogP) is 2.55. The average Bonchev–Trinajstić information content (AvgIpc) is 2.22. The van der Waals surface area contributed by atoms with Gasteiger partial charge in [-0.3, -0.25) is 4.79 Å². The SMILES string of the molecule is CCC(C)(N)C(=O)Nc1ccc(Cl)cc1F. The van der Waals surface area contributed by atoms with E-state index in [-0.39, 0.29) is 10.7 Å². The van der Waals surface area contributed by atoms with Crippen LogP contribution in [0.4, 0.5) is 10.1 Å². The van der Waals surface area contributed by atoms with Gasteiger partial charge in [0.15, 0.2) is 0 Å². The summed E-state index contributed by atoms with van der Waals surface area (Å²) in [6.45, 7) is 3.38. The maximum absolute atomic E-state index is 13.4. The van der Waals surface area contributed by atoms with Crippen molar-refractivity contribution in [2.75, 3.05) is 5.32 Å². The third kappa shape index (κ3) is 2.93. The van der Waals surface area contributed by atoms with Crippen LogP contribution in [0.25, 0.3) is 0 Å². The molecule has 0 aliphatic rings. The second kappa shape index (κ2) is 4.80. The van der Waals surface area contributed by atoms with Crippen molar-refractivity contribution in [2.24, 2.45) is 5.73 Å². The molecule has 1 rings (SSSR count). The molecule has 0 spiro atoms. The van der Waals surface area contributed by atoms with Crippen LogP contribution in [-0.4, -0.2) is 11.4 Å². The standard InChI is InChI=1S/C11H14ClFN2O/c1-3-11(2,14)10(16)15-9-5-4-7(12)6-8(9)13/h4-6H,3,14H2,1-2H3,(H,15,16). The second-order valence-electron chi connectivity index (χ2n) is 3.85. The first-order valence-corrected chi connectivity index (χ1v) is 5.30. The first-order chi connectivity index (χ1) is 7.36. The lowest BCUT2D eigenvalue weighted by Crippen LogP contribution is -2.47. The van der Waals surface area contributed by atoms with E-state index in [0.717, 1.165) is 6.07 Å². The number of hydrogen-bond donors (Lipinski definition) is 2. The Balaban J connectivity index is 2.85. The Morgan fingerprint density at radius 1 is 1.62 bits per heavy atom. The van der Waals surface area contributed by atoms with E-state index in [1.807, 2.05) is 0 Å². The molecule has 1 amide bonds. The number of nitrogens with one attached hydrogen (secondary N) is 1. The van der Waals surface area contributed by atoms with Gasteiger partial charge in [-0.15, -0.1) is 0 Å². The van der Waals surface area contributed by atoms with Gasteiger partial charge in [0.25, 0.3) is 0 Å². The van der Waals surface area contributed by atoms with Crippen LogP contribution in [0.3, 0.4) is 0 Å². The Bertz CT molecular complexity index is 407. The quantitative estimate of drug-likeness (QED) is 0.859. The topological polar surface area (TPSA) is 55.1 Å². The normalized spacial score (nSPS) is 14.3. The number of anilines is 1. The lowest BCUT2D eigenvalue weighted by Gasteiger charge is -2.21. The number of carbonyl (C=O) groups excluding carboxylic acids is 1. The van der Waals surface area contributed by atoms with E-state index >= 15 is 0 Å². The maximum Gasteiger partial charge on any atom is 0.244 e. The Morgan fingerprint density at radius 3 is 2.75 bits per heavy atom. The van der Waals surface area contributed by atoms with Crippen LogP contribution in [-0.2, 0) is 4.79 Å². The third-order valence-electron chi connectivity index (χ3n) is 2.43. The number of amides is 1. The molecular weight excluding hydrogens is 231 g/mol. The van der Waals surface area contributed by atoms with Crippen molar-refractivity contribution < 1.29 is 9.18 Å². The molecule has 1 atom stereocenters. The van der Waals surface area contributed by atoms with E-state index in [2.05, 4.69) is 5.32 Å². The fourth-order valence-electron chi connectivity index (χ4n) is 1.02. The first kappa shape index (κ1) is 12.9. The zero-order valence-electron chi connectivity index (χ0n) is 9.18. The summed E-state index contributed by atoms with van der Waals surface area (Å²) in [5.74, 6) is -0.996. The molecule has 1 unspecified atom stereocenters. The fourth-order valence-corrected chi connectivity index (χ4v) is 1.18. The first-order valence-electron chi connectivity index (χ1n) is 4.92. The Morgan fingerprint density at radius 2 is 2.25 bits per heavy atom. The van der Waals surface area contributed by atoms with Crippen molar-refractivity contribution >= 4 is 23.2 Å². The summed E-state index contributed by atoms with van der Waals surface area (Å²) in [5, 5.41) is 2.71. The van der Waals surface area contributed by atoms with Crippen LogP contribution in [0.15, 0.2) is 18.2 Å². The molecule has 5 heteroatoms. The van der Waals surface area contributed by atoms with E-state index < -0.39 is 17.3 Å². The molecule has 0 fully saturated rings. The molecule has 0 bridgehead atoms. The summed E-state index contributed by atoms with van der Waals surface area (Å²) < 4.78 is 13.4. The molecule has 0 saturated carbocycles. The van der Waals surface area contributed by atoms with Gasteiger partial charge in [0.05, 0.1) is 11.2 Å². The largest absolute Gasteiger partial charge is 0.322 e. The highest BCUT2D eigenvalue weighted by Gasteiger charge is 2.26. The van der Waals surface area contributed by atoms with Crippen molar-refractivity contribution in [1.29, 1.82) is 0 Å². The molecule has 1 aromatic carbocycles. The van der Waals surface area contributed by atoms with Crippen molar-refractivity contribution in [3.8, 4) is 0 Å². The zero-order chi connectivity index (χ0) is 12.3. The Labute approximate surface area is 98.8 Å². The molecule has 0 saturated heterocycles. The molecule has 3 N–H and O–H groups in total. The summed E-state index contributed by atoms with van der Waals surface area (Å²) in [6.07, 6.45) is 0.466. The zero-order valence-corrected chi connectivity index (χ0v) is 9.94.